The van der Waals surface area contributed by atoms with Crippen LogP contribution in [0.1, 0.15) is 41.0 Å². The first kappa shape index (κ1) is 44.7. The van der Waals surface area contributed by atoms with Crippen molar-refractivity contribution in [3.05, 3.63) is 90.1 Å². The van der Waals surface area contributed by atoms with Crippen molar-refractivity contribution < 1.29 is 52.1 Å². The van der Waals surface area contributed by atoms with Crippen molar-refractivity contribution in [3.63, 3.8) is 0 Å². The Balaban J connectivity index is 0.926. The van der Waals surface area contributed by atoms with Gasteiger partial charge in [-0.2, -0.15) is 5.26 Å². The van der Waals surface area contributed by atoms with Gasteiger partial charge < -0.3 is 35.4 Å². The van der Waals surface area contributed by atoms with Crippen molar-refractivity contribution in [2.75, 3.05) is 31.2 Å². The van der Waals surface area contributed by atoms with Gasteiger partial charge in [-0.1, -0.05) is 45.9 Å². The van der Waals surface area contributed by atoms with Crippen LogP contribution in [0.25, 0.3) is 22.0 Å². The molecule has 1 fully saturated rings. The van der Waals surface area contributed by atoms with Gasteiger partial charge in [0, 0.05) is 65.9 Å². The summed E-state index contributed by atoms with van der Waals surface area (Å²) in [6, 6.07) is 15.1. The minimum absolute atomic E-state index is 0.0135. The van der Waals surface area contributed by atoms with E-state index >= 15 is 0 Å². The Morgan fingerprint density at radius 2 is 1.73 bits per heavy atom. The van der Waals surface area contributed by atoms with Crippen molar-refractivity contribution >= 4 is 68.2 Å². The number of benzene rings is 1. The molecule has 4 aromatic rings. The molecule has 0 saturated carbocycles. The molecule has 2 atom stereocenters. The van der Waals surface area contributed by atoms with E-state index in [-0.39, 0.29) is 49.6 Å². The Kier molecular flexibility index (Phi) is 16.1. The number of para-hydroxylation sites is 1. The number of hydrogen-bond acceptors (Lipinski definition) is 14. The number of rotatable bonds is 19. The van der Waals surface area contributed by atoms with E-state index in [4.69, 9.17) is 14.7 Å². The molecule has 2 unspecified atom stereocenters. The highest BCUT2D eigenvalue weighted by Crippen LogP contribution is 2.32. The summed E-state index contributed by atoms with van der Waals surface area (Å²) in [5.41, 5.74) is 3.57. The van der Waals surface area contributed by atoms with Crippen LogP contribution in [-0.2, 0) is 41.8 Å². The summed E-state index contributed by atoms with van der Waals surface area (Å²) in [4.78, 5) is 87.1. The molecule has 60 heavy (non-hydrogen) atoms. The number of carbonyl (C=O) groups excluding carboxylic acids is 5. The van der Waals surface area contributed by atoms with Gasteiger partial charge in [0.25, 0.3) is 11.8 Å². The molecule has 3 aromatic heterocycles. The number of nitriles is 1. The van der Waals surface area contributed by atoms with Gasteiger partial charge >= 0.3 is 12.1 Å². The zero-order valence-electron chi connectivity index (χ0n) is 31.7. The minimum Gasteiger partial charge on any atom is -0.480 e. The topological polar surface area (TPSA) is 243 Å². The van der Waals surface area contributed by atoms with Crippen LogP contribution in [0.15, 0.2) is 73.2 Å². The maximum absolute atomic E-state index is 13.7. The Morgan fingerprint density at radius 1 is 0.950 bits per heavy atom. The number of aliphatic carboxylic acids is 1. The van der Waals surface area contributed by atoms with E-state index in [0.29, 0.717) is 11.4 Å². The molecule has 1 aromatic carbocycles. The van der Waals surface area contributed by atoms with E-state index in [2.05, 4.69) is 30.9 Å². The molecule has 21 heteroatoms. The van der Waals surface area contributed by atoms with Gasteiger partial charge in [0.1, 0.15) is 25.3 Å². The van der Waals surface area contributed by atoms with Gasteiger partial charge in [-0.25, -0.2) is 18.4 Å². The van der Waals surface area contributed by atoms with Crippen LogP contribution < -0.4 is 16.0 Å². The van der Waals surface area contributed by atoms with Crippen molar-refractivity contribution in [2.24, 2.45) is 0 Å². The number of likely N-dealkylation sites (tertiary alicyclic amines) is 1. The molecular weight excluding hydrogens is 827 g/mol. The first-order chi connectivity index (χ1) is 28.8. The Hall–Kier alpha value is -6.40. The lowest BCUT2D eigenvalue weighted by atomic mass is 10.0. The van der Waals surface area contributed by atoms with Crippen LogP contribution in [-0.4, -0.2) is 110 Å². The number of halogens is 2. The average Bonchev–Trinajstić information content (AvgIpc) is 3.58. The molecule has 1 saturated heterocycles. The molecule has 1 aliphatic heterocycles. The number of nitrogens with zero attached hydrogens (tertiary/aromatic N) is 5. The van der Waals surface area contributed by atoms with Gasteiger partial charge in [0.15, 0.2) is 0 Å². The fraction of sp³-hybridized carbons (Fsp3) is 0.333. The second kappa shape index (κ2) is 21.6. The number of aromatic nitrogens is 3. The van der Waals surface area contributed by atoms with Gasteiger partial charge in [-0.3, -0.25) is 34.1 Å². The predicted molar refractivity (Wildman–Crippen MR) is 214 cm³/mol. The van der Waals surface area contributed by atoms with E-state index in [1.807, 2.05) is 36.4 Å². The molecular formula is C39H38F2N8O9S2. The van der Waals surface area contributed by atoms with E-state index in [9.17, 15) is 42.7 Å². The molecule has 0 bridgehead atoms. The highest BCUT2D eigenvalue weighted by atomic mass is 33.1. The number of hydrogen-bond donors (Lipinski definition) is 4. The van der Waals surface area contributed by atoms with Gasteiger partial charge in [-0.15, -0.1) is 0 Å². The molecule has 314 valence electrons. The highest BCUT2D eigenvalue weighted by Gasteiger charge is 2.47. The summed E-state index contributed by atoms with van der Waals surface area (Å²) in [7, 11) is 2.36. The number of fused-ring (bicyclic) bond motifs is 1. The predicted octanol–water partition coefficient (Wildman–Crippen LogP) is 3.88. The van der Waals surface area contributed by atoms with Crippen molar-refractivity contribution in [1.82, 2.24) is 35.8 Å². The van der Waals surface area contributed by atoms with Gasteiger partial charge in [0.05, 0.1) is 42.6 Å². The summed E-state index contributed by atoms with van der Waals surface area (Å²) in [5.74, 6) is -6.96. The lowest BCUT2D eigenvalue weighted by Crippen LogP contribution is -2.43. The highest BCUT2D eigenvalue weighted by molar-refractivity contribution is 8.76. The smallest absolute Gasteiger partial charge is 0.480 e. The van der Waals surface area contributed by atoms with Crippen LogP contribution in [0.2, 0.25) is 0 Å². The van der Waals surface area contributed by atoms with Gasteiger partial charge in [0.2, 0.25) is 17.7 Å². The third kappa shape index (κ3) is 13.3. The van der Waals surface area contributed by atoms with E-state index in [1.165, 1.54) is 29.1 Å². The van der Waals surface area contributed by atoms with E-state index in [1.54, 1.807) is 24.5 Å². The normalized spacial score (nSPS) is 14.7. The van der Waals surface area contributed by atoms with E-state index < -0.39 is 73.3 Å². The van der Waals surface area contributed by atoms with Crippen LogP contribution in [0.3, 0.4) is 0 Å². The lowest BCUT2D eigenvalue weighted by Gasteiger charge is -2.19. The monoisotopic (exact) mass is 864 g/mol. The summed E-state index contributed by atoms with van der Waals surface area (Å²) >= 11 is 0. The number of nitrogens with one attached hydrogen (secondary N) is 3. The van der Waals surface area contributed by atoms with Crippen LogP contribution in [0.4, 0.5) is 13.6 Å². The SMILES string of the molecule is N#CC1CC(F)(F)CN1C(=O)CNC(=O)c1ccnc(CNC(=O)CCC(=O)NC(CSSCCOC(=O)OCc2ccc(-c3ccnc4ccccc34)cn2)C(=O)O)c1. The molecule has 5 rings (SSSR count). The number of carbonyl (C=O) groups is 6. The molecule has 4 amide bonds. The first-order valence-electron chi connectivity index (χ1n) is 18.2. The minimum atomic E-state index is -3.19. The maximum Gasteiger partial charge on any atom is 0.508 e. The van der Waals surface area contributed by atoms with Crippen molar-refractivity contribution in [2.45, 2.75) is 50.4 Å². The zero-order valence-corrected chi connectivity index (χ0v) is 33.3. The number of carboxylic acid groups (broad SMARTS) is 1. The number of ether oxygens (including phenoxy) is 2. The number of pyridine rings is 3. The summed E-state index contributed by atoms with van der Waals surface area (Å²) < 4.78 is 37.5. The Bertz CT molecular complexity index is 2240. The van der Waals surface area contributed by atoms with Crippen LogP contribution in [0, 0.1) is 11.3 Å². The number of alkyl halides is 2. The Labute approximate surface area is 349 Å². The van der Waals surface area contributed by atoms with Gasteiger partial charge in [-0.05, 0) is 35.9 Å². The third-order valence-corrected chi connectivity index (χ3v) is 11.1. The zero-order chi connectivity index (χ0) is 43.1. The van der Waals surface area contributed by atoms with Crippen LogP contribution >= 0.6 is 21.6 Å². The molecule has 1 aliphatic rings. The first-order valence-corrected chi connectivity index (χ1v) is 20.7. The van der Waals surface area contributed by atoms with Crippen molar-refractivity contribution in [1.29, 1.82) is 5.26 Å². The molecule has 4 N–H and O–H groups in total. The second-order valence-electron chi connectivity index (χ2n) is 13.1. The summed E-state index contributed by atoms with van der Waals surface area (Å²) in [6.07, 6.45) is 2.44. The lowest BCUT2D eigenvalue weighted by molar-refractivity contribution is -0.141. The van der Waals surface area contributed by atoms with E-state index in [0.717, 1.165) is 37.7 Å². The molecule has 0 radical (unpaired) electrons. The fourth-order valence-electron chi connectivity index (χ4n) is 5.74. The van der Waals surface area contributed by atoms with Crippen LogP contribution in [0.5, 0.6) is 0 Å². The number of carboxylic acids is 1. The number of amides is 4. The summed E-state index contributed by atoms with van der Waals surface area (Å²) in [5, 5.41) is 26.9. The summed E-state index contributed by atoms with van der Waals surface area (Å²) in [6.45, 7) is -1.76. The molecule has 4 heterocycles. The quantitative estimate of drug-likeness (QED) is 0.0594. The third-order valence-electron chi connectivity index (χ3n) is 8.72. The second-order valence-corrected chi connectivity index (χ2v) is 15.7. The average molecular weight is 865 g/mol. The standard InChI is InChI=1S/C39H38F2N8O9S2/c40-39(41)16-28(17-42)49(23-39)35(52)20-47-36(53)24-9-11-43-27(15-24)19-46-33(50)7-8-34(51)48-32(37(54)55)22-60-59-14-13-57-38(56)58-21-26-6-5-25(18-45-26)29-10-12-44-31-4-2-1-3-30(29)31/h1-6,9-12,15,18,28,32H,7-8,13-14,16,19-23H2,(H,46,50)(H,47,53)(H,48,51)(H,54,55). The molecule has 17 nitrogen and oxygen atoms in total. The largest absolute Gasteiger partial charge is 0.508 e. The maximum atomic E-state index is 13.7. The fourth-order valence-corrected chi connectivity index (χ4v) is 7.72. The van der Waals surface area contributed by atoms with Crippen molar-refractivity contribution in [3.8, 4) is 17.2 Å². The molecule has 0 spiro atoms. The molecule has 0 aliphatic carbocycles. The Morgan fingerprint density at radius 3 is 2.50 bits per heavy atom.